The highest BCUT2D eigenvalue weighted by molar-refractivity contribution is 8.82. The van der Waals surface area contributed by atoms with Crippen molar-refractivity contribution in [3.05, 3.63) is 19.6 Å². The first-order valence-corrected chi connectivity index (χ1v) is 8.85. The normalized spacial score (nSPS) is 18.6. The van der Waals surface area contributed by atoms with Gasteiger partial charge in [0.25, 0.3) is 25.7 Å². The zero-order chi connectivity index (χ0) is 15.4. The Labute approximate surface area is 124 Å². The van der Waals surface area contributed by atoms with E-state index in [0.29, 0.717) is 0 Å². The van der Waals surface area contributed by atoms with Gasteiger partial charge in [-0.05, 0) is 0 Å². The molecule has 0 spiro atoms. The van der Waals surface area contributed by atoms with Crippen molar-refractivity contribution in [2.45, 2.75) is 25.7 Å². The maximum absolute atomic E-state index is 12.6. The molecule has 0 nitrogen and oxygen atoms in total. The lowest BCUT2D eigenvalue weighted by molar-refractivity contribution is 0.178. The van der Waals surface area contributed by atoms with Crippen LogP contribution < -0.4 is 0 Å². The maximum atomic E-state index is 12.6. The van der Waals surface area contributed by atoms with Crippen molar-refractivity contribution in [2.75, 3.05) is 0 Å². The molecule has 0 radical (unpaired) electrons. The fourth-order valence-electron chi connectivity index (χ4n) is 0.919. The Bertz CT molecular complexity index is 331. The van der Waals surface area contributed by atoms with Gasteiger partial charge in [-0.2, -0.15) is 0 Å². The smallest absolute Gasteiger partial charge is 0.204 e. The Hall–Kier alpha value is 0.320. The van der Waals surface area contributed by atoms with Gasteiger partial charge in [-0.25, -0.2) is 35.1 Å². The quantitative estimate of drug-likeness (QED) is 0.418. The summed E-state index contributed by atoms with van der Waals surface area (Å²) < 4.78 is 101. The highest BCUT2D eigenvalue weighted by Crippen LogP contribution is 2.55. The highest BCUT2D eigenvalue weighted by Gasteiger charge is 2.33. The van der Waals surface area contributed by atoms with E-state index in [4.69, 9.17) is 0 Å². The molecule has 0 atom stereocenters. The Morgan fingerprint density at radius 2 is 0.550 bits per heavy atom. The molecule has 1 aliphatic rings. The number of hydrogen-bond donors (Lipinski definition) is 0. The molecule has 12 heteroatoms. The van der Waals surface area contributed by atoms with E-state index < -0.39 is 45.3 Å². The van der Waals surface area contributed by atoms with E-state index in [1.807, 2.05) is 0 Å². The van der Waals surface area contributed by atoms with Crippen LogP contribution in [-0.2, 0) is 0 Å². The molecule has 0 aromatic heterocycles. The SMILES string of the molecule is FC(F)C1=C(C(F)F)SSC(C(F)F)=C(C(F)F)SS1. The standard InChI is InChI=1S/C8H4F8S4/c9-5(10)1-2(6(11)12)18-20-4(8(15)16)3(7(13)14)19-17-1/h5-8H. The van der Waals surface area contributed by atoms with Crippen LogP contribution in [0.25, 0.3) is 0 Å². The summed E-state index contributed by atoms with van der Waals surface area (Å²) in [6, 6.07) is 0. The predicted octanol–water partition coefficient (Wildman–Crippen LogP) is 6.25. The Kier molecular flexibility index (Phi) is 7.43. The van der Waals surface area contributed by atoms with E-state index in [9.17, 15) is 35.1 Å². The van der Waals surface area contributed by atoms with Gasteiger partial charge in [0.2, 0.25) is 0 Å². The van der Waals surface area contributed by atoms with Crippen molar-refractivity contribution in [3.8, 4) is 0 Å². The van der Waals surface area contributed by atoms with Gasteiger partial charge in [-0.3, -0.25) is 0 Å². The monoisotopic (exact) mass is 380 g/mol. The van der Waals surface area contributed by atoms with Crippen LogP contribution in [-0.4, -0.2) is 25.7 Å². The van der Waals surface area contributed by atoms with Crippen LogP contribution in [0.3, 0.4) is 0 Å². The fraction of sp³-hybridized carbons (Fsp3) is 0.500. The summed E-state index contributed by atoms with van der Waals surface area (Å²) in [4.78, 5) is -4.36. The van der Waals surface area contributed by atoms with Gasteiger partial charge in [0, 0.05) is 0 Å². The van der Waals surface area contributed by atoms with Crippen molar-refractivity contribution in [3.63, 3.8) is 0 Å². The molecular weight excluding hydrogens is 376 g/mol. The summed E-state index contributed by atoms with van der Waals surface area (Å²) in [5.74, 6) is 0. The molecule has 116 valence electrons. The second kappa shape index (κ2) is 8.08. The van der Waals surface area contributed by atoms with Crippen molar-refractivity contribution in [2.24, 2.45) is 0 Å². The van der Waals surface area contributed by atoms with E-state index in [2.05, 4.69) is 0 Å². The minimum absolute atomic E-state index is 0.0396. The molecule has 0 aromatic rings. The first kappa shape index (κ1) is 18.4. The second-order valence-electron chi connectivity index (χ2n) is 2.99. The van der Waals surface area contributed by atoms with Crippen LogP contribution in [0.4, 0.5) is 35.1 Å². The zero-order valence-electron chi connectivity index (χ0n) is 8.97. The van der Waals surface area contributed by atoms with Gasteiger partial charge in [0.15, 0.2) is 0 Å². The molecule has 1 aliphatic heterocycles. The number of halogens is 8. The van der Waals surface area contributed by atoms with E-state index >= 15 is 0 Å². The van der Waals surface area contributed by atoms with Crippen molar-refractivity contribution in [1.29, 1.82) is 0 Å². The van der Waals surface area contributed by atoms with Crippen molar-refractivity contribution >= 4 is 43.2 Å². The summed E-state index contributed by atoms with van der Waals surface area (Å²) in [6.45, 7) is 0. The molecule has 0 aliphatic carbocycles. The lowest BCUT2D eigenvalue weighted by atomic mass is 10.5. The molecule has 1 heterocycles. The van der Waals surface area contributed by atoms with E-state index in [1.54, 1.807) is 0 Å². The molecule has 20 heavy (non-hydrogen) atoms. The average molecular weight is 380 g/mol. The van der Waals surface area contributed by atoms with Gasteiger partial charge < -0.3 is 0 Å². The molecule has 0 amide bonds. The largest absolute Gasteiger partial charge is 0.271 e. The molecule has 0 saturated carbocycles. The molecule has 0 aromatic carbocycles. The average Bonchev–Trinajstić information content (AvgIpc) is 2.26. The van der Waals surface area contributed by atoms with Gasteiger partial charge in [0.1, 0.15) is 0 Å². The van der Waals surface area contributed by atoms with E-state index in [-0.39, 0.29) is 43.2 Å². The summed E-state index contributed by atoms with van der Waals surface area (Å²) in [5.41, 5.74) is 0. The lowest BCUT2D eigenvalue weighted by Crippen LogP contribution is -2.07. The zero-order valence-corrected chi connectivity index (χ0v) is 12.2. The highest BCUT2D eigenvalue weighted by atomic mass is 33.1. The predicted molar refractivity (Wildman–Crippen MR) is 68.4 cm³/mol. The number of rotatable bonds is 4. The summed E-state index contributed by atoms with van der Waals surface area (Å²) in [5, 5.41) is 0. The Balaban J connectivity index is 3.14. The lowest BCUT2D eigenvalue weighted by Gasteiger charge is -2.19. The summed E-state index contributed by atoms with van der Waals surface area (Å²) >= 11 is 0. The third kappa shape index (κ3) is 4.67. The van der Waals surface area contributed by atoms with Gasteiger partial charge in [-0.1, -0.05) is 43.2 Å². The Morgan fingerprint density at radius 3 is 0.650 bits per heavy atom. The van der Waals surface area contributed by atoms with E-state index in [0.717, 1.165) is 0 Å². The number of hydrogen-bond acceptors (Lipinski definition) is 4. The van der Waals surface area contributed by atoms with Gasteiger partial charge in [0.05, 0.1) is 19.6 Å². The molecule has 0 unspecified atom stereocenters. The minimum Gasteiger partial charge on any atom is -0.204 e. The van der Waals surface area contributed by atoms with Crippen molar-refractivity contribution in [1.82, 2.24) is 0 Å². The van der Waals surface area contributed by atoms with E-state index in [1.165, 1.54) is 0 Å². The summed E-state index contributed by atoms with van der Waals surface area (Å²) in [7, 11) is -0.158. The first-order chi connectivity index (χ1) is 9.25. The Morgan fingerprint density at radius 1 is 0.400 bits per heavy atom. The fourth-order valence-corrected chi connectivity index (χ4v) is 6.41. The van der Waals surface area contributed by atoms with Crippen LogP contribution >= 0.6 is 43.2 Å². The van der Waals surface area contributed by atoms with Crippen LogP contribution in [0.5, 0.6) is 0 Å². The molecule has 0 bridgehead atoms. The van der Waals surface area contributed by atoms with Crippen molar-refractivity contribution < 1.29 is 35.1 Å². The third-order valence-electron chi connectivity index (χ3n) is 1.72. The maximum Gasteiger partial charge on any atom is 0.271 e. The van der Waals surface area contributed by atoms with Gasteiger partial charge >= 0.3 is 0 Å². The van der Waals surface area contributed by atoms with Crippen LogP contribution in [0.15, 0.2) is 19.6 Å². The minimum atomic E-state index is -3.29. The topological polar surface area (TPSA) is 0 Å². The second-order valence-corrected chi connectivity index (χ2v) is 7.42. The third-order valence-corrected chi connectivity index (χ3v) is 7.11. The first-order valence-electron chi connectivity index (χ1n) is 4.55. The van der Waals surface area contributed by atoms with Crippen LogP contribution in [0.2, 0.25) is 0 Å². The number of alkyl halides is 8. The van der Waals surface area contributed by atoms with Crippen LogP contribution in [0, 0.1) is 0 Å². The van der Waals surface area contributed by atoms with Gasteiger partial charge in [-0.15, -0.1) is 0 Å². The van der Waals surface area contributed by atoms with Crippen LogP contribution in [0.1, 0.15) is 0 Å². The molecule has 0 fully saturated rings. The molecule has 1 rings (SSSR count). The number of allylic oxidation sites excluding steroid dienone is 4. The summed E-state index contributed by atoms with van der Waals surface area (Å²) in [6.07, 6.45) is -13.2. The molecular formula is C8H4F8S4. The molecule has 0 N–H and O–H groups in total. The molecule has 0 saturated heterocycles.